The predicted molar refractivity (Wildman–Crippen MR) is 45.9 cm³/mol. The molecule has 0 aromatic carbocycles. The molecule has 0 aliphatic rings. The van der Waals surface area contributed by atoms with Crippen LogP contribution in [0.1, 0.15) is 0 Å². The highest BCUT2D eigenvalue weighted by Gasteiger charge is 2.41. The Morgan fingerprint density at radius 2 is 2.17 bits per heavy atom. The average molecular weight is 193 g/mol. The third-order valence-corrected chi connectivity index (χ3v) is 2.58. The molecule has 1 atom stereocenters. The maximum Gasteiger partial charge on any atom is 0.694 e. The normalized spacial score (nSPS) is 16.1. The van der Waals surface area contributed by atoms with Gasteiger partial charge in [-0.2, -0.15) is 0 Å². The first-order valence-corrected chi connectivity index (χ1v) is 5.10. The molecular formula is C6H15NO4Si. The van der Waals surface area contributed by atoms with Crippen molar-refractivity contribution in [1.82, 2.24) is 5.06 Å². The number of nitrogens with zero attached hydrogens (tertiary/aromatic N) is 1. The Bertz CT molecular complexity index is 144. The van der Waals surface area contributed by atoms with Crippen molar-refractivity contribution in [2.75, 3.05) is 27.8 Å². The Morgan fingerprint density at radius 1 is 1.58 bits per heavy atom. The van der Waals surface area contributed by atoms with Crippen LogP contribution in [0, 0.1) is 0 Å². The van der Waals surface area contributed by atoms with Crippen LogP contribution < -0.4 is 0 Å². The van der Waals surface area contributed by atoms with Crippen molar-refractivity contribution in [3.05, 3.63) is 12.7 Å². The van der Waals surface area contributed by atoms with E-state index in [-0.39, 0.29) is 6.61 Å². The lowest BCUT2D eigenvalue weighted by atomic mass is 10.7. The van der Waals surface area contributed by atoms with Crippen LogP contribution in [0.2, 0.25) is 0 Å². The average Bonchev–Trinajstić information content (AvgIpc) is 2.00. The van der Waals surface area contributed by atoms with E-state index in [1.165, 1.54) is 18.2 Å². The van der Waals surface area contributed by atoms with Gasteiger partial charge in [-0.25, -0.2) is 5.06 Å². The smallest absolute Gasteiger partial charge is 0.367 e. The number of hydrogen-bond acceptors (Lipinski definition) is 5. The summed E-state index contributed by atoms with van der Waals surface area (Å²) in [6.07, 6.45) is 1.51. The lowest BCUT2D eigenvalue weighted by molar-refractivity contribution is -0.118. The van der Waals surface area contributed by atoms with Crippen molar-refractivity contribution < 1.29 is 18.2 Å². The van der Waals surface area contributed by atoms with Gasteiger partial charge in [0.05, 0.1) is 6.61 Å². The van der Waals surface area contributed by atoms with Crippen molar-refractivity contribution in [2.45, 2.75) is 0 Å². The van der Waals surface area contributed by atoms with Crippen LogP contribution in [0.3, 0.4) is 0 Å². The number of hydroxylamine groups is 2. The fourth-order valence-corrected chi connectivity index (χ4v) is 1.55. The zero-order valence-electron chi connectivity index (χ0n) is 7.61. The quantitative estimate of drug-likeness (QED) is 0.358. The van der Waals surface area contributed by atoms with E-state index in [1.54, 1.807) is 14.1 Å². The Balaban J connectivity index is 3.94. The molecule has 0 aromatic rings. The molecule has 0 saturated heterocycles. The maximum atomic E-state index is 9.50. The van der Waals surface area contributed by atoms with E-state index < -0.39 is 9.05 Å². The van der Waals surface area contributed by atoms with Gasteiger partial charge in [-0.1, -0.05) is 6.08 Å². The van der Waals surface area contributed by atoms with Gasteiger partial charge in [0, 0.05) is 21.2 Å². The molecule has 0 bridgehead atoms. The summed E-state index contributed by atoms with van der Waals surface area (Å²) < 4.78 is 14.6. The zero-order valence-corrected chi connectivity index (χ0v) is 8.61. The van der Waals surface area contributed by atoms with E-state index in [0.29, 0.717) is 0 Å². The first kappa shape index (κ1) is 11.8. The minimum Gasteiger partial charge on any atom is -0.367 e. The monoisotopic (exact) mass is 193 g/mol. The van der Waals surface area contributed by atoms with Crippen LogP contribution in [0.5, 0.6) is 0 Å². The number of rotatable bonds is 6. The van der Waals surface area contributed by atoms with E-state index in [1.807, 2.05) is 0 Å². The molecule has 0 saturated carbocycles. The molecule has 0 aliphatic heterocycles. The lowest BCUT2D eigenvalue weighted by Gasteiger charge is -2.23. The van der Waals surface area contributed by atoms with Crippen LogP contribution in [-0.2, 0) is 13.4 Å². The molecule has 0 aliphatic carbocycles. The molecule has 6 heteroatoms. The molecule has 5 nitrogen and oxygen atoms in total. The molecule has 0 fully saturated rings. The van der Waals surface area contributed by atoms with Gasteiger partial charge in [0.25, 0.3) is 0 Å². The molecule has 1 N–H and O–H groups in total. The van der Waals surface area contributed by atoms with Gasteiger partial charge < -0.3 is 13.6 Å². The van der Waals surface area contributed by atoms with Crippen LogP contribution >= 0.6 is 0 Å². The van der Waals surface area contributed by atoms with Crippen LogP contribution in [0.4, 0.5) is 0 Å². The van der Waals surface area contributed by atoms with Crippen LogP contribution in [0.25, 0.3) is 0 Å². The van der Waals surface area contributed by atoms with Crippen molar-refractivity contribution in [1.29, 1.82) is 0 Å². The van der Waals surface area contributed by atoms with Gasteiger partial charge in [-0.3, -0.25) is 4.53 Å². The third kappa shape index (κ3) is 4.60. The summed E-state index contributed by atoms with van der Waals surface area (Å²) in [4.78, 5) is 9.50. The van der Waals surface area contributed by atoms with Gasteiger partial charge in [0.2, 0.25) is 0 Å². The number of hydrogen-bond donors (Lipinski definition) is 1. The van der Waals surface area contributed by atoms with Crippen molar-refractivity contribution >= 4 is 9.05 Å². The highest BCUT2D eigenvalue weighted by atomic mass is 28.4. The summed E-state index contributed by atoms with van der Waals surface area (Å²) in [5.74, 6) is 0. The Hall–Kier alpha value is -0.243. The molecule has 0 amide bonds. The standard InChI is InChI=1S/C6H15NO4Si/c1-5-6-10-12(8,9-4)11-7(2)3/h5,8H,1,6H2,2-4H3. The van der Waals surface area contributed by atoms with Gasteiger partial charge in [0.15, 0.2) is 0 Å². The predicted octanol–water partition coefficient (Wildman–Crippen LogP) is -0.244. The first-order chi connectivity index (χ1) is 5.54. The molecular weight excluding hydrogens is 178 g/mol. The fraction of sp³-hybridized carbons (Fsp3) is 0.667. The van der Waals surface area contributed by atoms with Gasteiger partial charge in [-0.15, -0.1) is 6.58 Å². The zero-order chi connectivity index (χ0) is 9.61. The highest BCUT2D eigenvalue weighted by molar-refractivity contribution is 6.51. The summed E-state index contributed by atoms with van der Waals surface area (Å²) in [6.45, 7) is 3.64. The van der Waals surface area contributed by atoms with Crippen LogP contribution in [-0.4, -0.2) is 46.7 Å². The molecule has 0 heterocycles. The first-order valence-electron chi connectivity index (χ1n) is 3.43. The second kappa shape index (κ2) is 5.41. The van der Waals surface area contributed by atoms with Crippen molar-refractivity contribution in [3.8, 4) is 0 Å². The minimum absolute atomic E-state index is 0.199. The molecule has 0 radical (unpaired) electrons. The maximum absolute atomic E-state index is 9.50. The molecule has 0 spiro atoms. The van der Waals surface area contributed by atoms with Crippen molar-refractivity contribution in [3.63, 3.8) is 0 Å². The van der Waals surface area contributed by atoms with Crippen molar-refractivity contribution in [2.24, 2.45) is 0 Å². The molecule has 1 unspecified atom stereocenters. The molecule has 0 aromatic heterocycles. The summed E-state index contributed by atoms with van der Waals surface area (Å²) in [5, 5.41) is 1.33. The van der Waals surface area contributed by atoms with Gasteiger partial charge in [0.1, 0.15) is 0 Å². The molecule has 0 rings (SSSR count). The van der Waals surface area contributed by atoms with E-state index in [2.05, 4.69) is 6.58 Å². The van der Waals surface area contributed by atoms with E-state index in [4.69, 9.17) is 13.4 Å². The second-order valence-corrected chi connectivity index (χ2v) is 4.16. The summed E-state index contributed by atoms with van der Waals surface area (Å²) >= 11 is 0. The fourth-order valence-electron chi connectivity index (χ4n) is 0.518. The topological polar surface area (TPSA) is 51.2 Å². The molecule has 72 valence electrons. The summed E-state index contributed by atoms with van der Waals surface area (Å²) in [5.41, 5.74) is 0. The highest BCUT2D eigenvalue weighted by Crippen LogP contribution is 2.04. The summed E-state index contributed by atoms with van der Waals surface area (Å²) in [7, 11) is 1.15. The van der Waals surface area contributed by atoms with E-state index in [9.17, 15) is 4.80 Å². The molecule has 12 heavy (non-hydrogen) atoms. The SMILES string of the molecule is C=CCO[Si](O)(OC)ON(C)C. The minimum atomic E-state index is -3.45. The third-order valence-electron chi connectivity index (χ3n) is 0.939. The van der Waals surface area contributed by atoms with Gasteiger partial charge in [-0.05, 0) is 0 Å². The van der Waals surface area contributed by atoms with E-state index >= 15 is 0 Å². The lowest BCUT2D eigenvalue weighted by Crippen LogP contribution is -2.48. The van der Waals surface area contributed by atoms with Crippen LogP contribution in [0.15, 0.2) is 12.7 Å². The van der Waals surface area contributed by atoms with Gasteiger partial charge >= 0.3 is 9.05 Å². The summed E-state index contributed by atoms with van der Waals surface area (Å²) in [6, 6.07) is 0. The Labute approximate surface area is 73.6 Å². The van der Waals surface area contributed by atoms with E-state index in [0.717, 1.165) is 0 Å². The Morgan fingerprint density at radius 3 is 2.50 bits per heavy atom. The largest absolute Gasteiger partial charge is 0.694 e. The second-order valence-electron chi connectivity index (χ2n) is 2.23. The Kier molecular flexibility index (Phi) is 5.30.